The number of amides is 3. The number of rotatable bonds is 4. The van der Waals surface area contributed by atoms with Gasteiger partial charge in [-0.3, -0.25) is 9.69 Å². The van der Waals surface area contributed by atoms with Gasteiger partial charge in [0.25, 0.3) is 0 Å². The maximum atomic E-state index is 12.9. The van der Waals surface area contributed by atoms with E-state index in [1.807, 2.05) is 23.1 Å². The van der Waals surface area contributed by atoms with Gasteiger partial charge in [-0.25, -0.2) is 4.79 Å². The first kappa shape index (κ1) is 20.5. The summed E-state index contributed by atoms with van der Waals surface area (Å²) in [4.78, 5) is 33.4. The molecule has 3 amide bonds. The van der Waals surface area contributed by atoms with Gasteiger partial charge in [-0.05, 0) is 43.2 Å². The highest BCUT2D eigenvalue weighted by molar-refractivity contribution is 5.96. The zero-order valence-corrected chi connectivity index (χ0v) is 18.5. The summed E-state index contributed by atoms with van der Waals surface area (Å²) in [6.45, 7) is 8.54. The van der Waals surface area contributed by atoms with Crippen molar-refractivity contribution < 1.29 is 19.1 Å². The maximum Gasteiger partial charge on any atom is 0.325 e. The lowest BCUT2D eigenvalue weighted by Crippen LogP contribution is -2.51. The molecule has 2 saturated heterocycles. The average molecular weight is 437 g/mol. The van der Waals surface area contributed by atoms with Crippen LogP contribution in [0.2, 0.25) is 0 Å². The van der Waals surface area contributed by atoms with Crippen molar-refractivity contribution in [1.82, 2.24) is 9.80 Å². The van der Waals surface area contributed by atoms with E-state index in [4.69, 9.17) is 9.47 Å². The van der Waals surface area contributed by atoms with E-state index in [0.717, 1.165) is 18.8 Å². The first-order chi connectivity index (χ1) is 15.5. The van der Waals surface area contributed by atoms with Gasteiger partial charge in [-0.15, -0.1) is 0 Å². The molecule has 3 aliphatic heterocycles. The Morgan fingerprint density at radius 1 is 0.906 bits per heavy atom. The maximum absolute atomic E-state index is 12.9. The third-order valence-electron chi connectivity index (χ3n) is 6.43. The Hall–Kier alpha value is -3.42. The normalized spacial score (nSPS) is 18.0. The van der Waals surface area contributed by atoms with Gasteiger partial charge in [-0.1, -0.05) is 12.1 Å². The van der Waals surface area contributed by atoms with Crippen LogP contribution >= 0.6 is 0 Å². The molecule has 0 unspecified atom stereocenters. The van der Waals surface area contributed by atoms with Gasteiger partial charge < -0.3 is 24.2 Å². The number of ether oxygens (including phenoxy) is 2. The molecule has 0 aromatic heterocycles. The van der Waals surface area contributed by atoms with Crippen molar-refractivity contribution in [3.05, 3.63) is 47.5 Å². The van der Waals surface area contributed by atoms with E-state index in [2.05, 4.69) is 36.9 Å². The average Bonchev–Trinajstić information content (AvgIpc) is 3.41. The van der Waals surface area contributed by atoms with Crippen molar-refractivity contribution in [2.75, 3.05) is 62.4 Å². The Kier molecular flexibility index (Phi) is 5.28. The van der Waals surface area contributed by atoms with E-state index in [9.17, 15) is 9.59 Å². The summed E-state index contributed by atoms with van der Waals surface area (Å²) in [5, 5.41) is 0. The number of urea groups is 1. The van der Waals surface area contributed by atoms with Crippen LogP contribution in [-0.4, -0.2) is 74.3 Å². The van der Waals surface area contributed by atoms with Crippen LogP contribution in [0.4, 0.5) is 16.2 Å². The molecule has 0 bridgehead atoms. The van der Waals surface area contributed by atoms with E-state index in [1.165, 1.54) is 16.8 Å². The molecule has 168 valence electrons. The zero-order valence-electron chi connectivity index (χ0n) is 18.5. The predicted molar refractivity (Wildman–Crippen MR) is 122 cm³/mol. The van der Waals surface area contributed by atoms with Gasteiger partial charge in [0, 0.05) is 56.7 Å². The molecule has 0 radical (unpaired) electrons. The first-order valence-corrected chi connectivity index (χ1v) is 11.1. The van der Waals surface area contributed by atoms with Crippen LogP contribution in [0.1, 0.15) is 11.1 Å². The Balaban J connectivity index is 1.17. The number of nitrogens with zero attached hydrogens (tertiary/aromatic N) is 4. The lowest BCUT2D eigenvalue weighted by atomic mass is 10.1. The Labute approximate surface area is 187 Å². The summed E-state index contributed by atoms with van der Waals surface area (Å²) < 4.78 is 10.8. The summed E-state index contributed by atoms with van der Waals surface area (Å²) in [5.74, 6) is 1.34. The standard InChI is InChI=1S/C24H28N4O4/c1-17-3-4-18(2)20(13-17)25-7-9-26(10-8-25)23(29)15-27-11-12-28(24(27)30)19-5-6-21-22(14-19)32-16-31-21/h3-6,13-14H,7-12,15-16H2,1-2H3. The molecule has 0 spiro atoms. The molecule has 0 aliphatic carbocycles. The highest BCUT2D eigenvalue weighted by atomic mass is 16.7. The molecule has 3 aliphatic rings. The van der Waals surface area contributed by atoms with E-state index >= 15 is 0 Å². The minimum absolute atomic E-state index is 0.00602. The molecular formula is C24H28N4O4. The second-order valence-electron chi connectivity index (χ2n) is 8.55. The smallest absolute Gasteiger partial charge is 0.325 e. The Morgan fingerprint density at radius 2 is 1.69 bits per heavy atom. The van der Waals surface area contributed by atoms with Crippen LogP contribution in [0.25, 0.3) is 0 Å². The van der Waals surface area contributed by atoms with Crippen LogP contribution < -0.4 is 19.3 Å². The van der Waals surface area contributed by atoms with Crippen molar-refractivity contribution in [3.8, 4) is 11.5 Å². The van der Waals surface area contributed by atoms with E-state index in [-0.39, 0.29) is 25.3 Å². The number of anilines is 2. The molecule has 2 aromatic carbocycles. The quantitative estimate of drug-likeness (QED) is 0.737. The van der Waals surface area contributed by atoms with Crippen LogP contribution in [0.15, 0.2) is 36.4 Å². The minimum atomic E-state index is -0.147. The zero-order chi connectivity index (χ0) is 22.2. The van der Waals surface area contributed by atoms with Crippen LogP contribution in [0.5, 0.6) is 11.5 Å². The summed E-state index contributed by atoms with van der Waals surface area (Å²) in [7, 11) is 0. The van der Waals surface area contributed by atoms with Crippen molar-refractivity contribution in [3.63, 3.8) is 0 Å². The van der Waals surface area contributed by atoms with Gasteiger partial charge in [-0.2, -0.15) is 0 Å². The van der Waals surface area contributed by atoms with Gasteiger partial charge in [0.1, 0.15) is 6.54 Å². The molecule has 3 heterocycles. The summed E-state index contributed by atoms with van der Waals surface area (Å²) in [6.07, 6.45) is 0. The molecule has 8 nitrogen and oxygen atoms in total. The summed E-state index contributed by atoms with van der Waals surface area (Å²) in [5.41, 5.74) is 4.49. The lowest BCUT2D eigenvalue weighted by molar-refractivity contribution is -0.131. The van der Waals surface area contributed by atoms with Crippen molar-refractivity contribution >= 4 is 23.3 Å². The molecule has 8 heteroatoms. The lowest BCUT2D eigenvalue weighted by Gasteiger charge is -2.37. The number of carbonyl (C=O) groups excluding carboxylic acids is 2. The number of piperazine rings is 1. The fourth-order valence-corrected chi connectivity index (χ4v) is 4.54. The largest absolute Gasteiger partial charge is 0.454 e. The summed E-state index contributed by atoms with van der Waals surface area (Å²) in [6, 6.07) is 11.8. The number of carbonyl (C=O) groups is 2. The Bertz CT molecular complexity index is 1050. The monoisotopic (exact) mass is 436 g/mol. The fraction of sp³-hybridized carbons (Fsp3) is 0.417. The van der Waals surface area contributed by atoms with E-state index in [0.29, 0.717) is 37.7 Å². The van der Waals surface area contributed by atoms with Crippen LogP contribution in [-0.2, 0) is 4.79 Å². The van der Waals surface area contributed by atoms with Gasteiger partial charge >= 0.3 is 6.03 Å². The van der Waals surface area contributed by atoms with E-state index < -0.39 is 0 Å². The SMILES string of the molecule is Cc1ccc(C)c(N2CCN(C(=O)CN3CCN(c4ccc5c(c4)OCO5)C3=O)CC2)c1. The van der Waals surface area contributed by atoms with E-state index in [1.54, 1.807) is 9.80 Å². The molecule has 5 rings (SSSR count). The molecule has 0 saturated carbocycles. The molecule has 2 fully saturated rings. The van der Waals surface area contributed by atoms with Gasteiger partial charge in [0.15, 0.2) is 11.5 Å². The number of fused-ring (bicyclic) bond motifs is 1. The third kappa shape index (κ3) is 3.81. The van der Waals surface area contributed by atoms with Crippen LogP contribution in [0.3, 0.4) is 0 Å². The number of hydrogen-bond donors (Lipinski definition) is 0. The molecular weight excluding hydrogens is 408 g/mol. The molecule has 2 aromatic rings. The van der Waals surface area contributed by atoms with Crippen molar-refractivity contribution in [2.45, 2.75) is 13.8 Å². The molecule has 0 atom stereocenters. The van der Waals surface area contributed by atoms with Crippen molar-refractivity contribution in [1.29, 1.82) is 0 Å². The van der Waals surface area contributed by atoms with Crippen LogP contribution in [0, 0.1) is 13.8 Å². The number of aryl methyl sites for hydroxylation is 2. The predicted octanol–water partition coefficient (Wildman–Crippen LogP) is 2.62. The third-order valence-corrected chi connectivity index (χ3v) is 6.43. The van der Waals surface area contributed by atoms with Gasteiger partial charge in [0.05, 0.1) is 0 Å². The highest BCUT2D eigenvalue weighted by Gasteiger charge is 2.33. The highest BCUT2D eigenvalue weighted by Crippen LogP contribution is 2.36. The minimum Gasteiger partial charge on any atom is -0.454 e. The summed E-state index contributed by atoms with van der Waals surface area (Å²) >= 11 is 0. The molecule has 32 heavy (non-hydrogen) atoms. The Morgan fingerprint density at radius 3 is 2.50 bits per heavy atom. The second kappa shape index (κ2) is 8.26. The first-order valence-electron chi connectivity index (χ1n) is 11.1. The number of hydrogen-bond acceptors (Lipinski definition) is 5. The topological polar surface area (TPSA) is 65.6 Å². The number of benzene rings is 2. The van der Waals surface area contributed by atoms with Crippen molar-refractivity contribution in [2.24, 2.45) is 0 Å². The van der Waals surface area contributed by atoms with Gasteiger partial charge in [0.2, 0.25) is 12.7 Å². The second-order valence-corrected chi connectivity index (χ2v) is 8.55. The molecule has 0 N–H and O–H groups in total. The fourth-order valence-electron chi connectivity index (χ4n) is 4.54.